The Bertz CT molecular complexity index is 1120. The van der Waals surface area contributed by atoms with Gasteiger partial charge in [-0.25, -0.2) is 4.79 Å². The minimum absolute atomic E-state index is 0.300. The van der Waals surface area contributed by atoms with Crippen molar-refractivity contribution >= 4 is 17.6 Å². The van der Waals surface area contributed by atoms with Gasteiger partial charge in [0.1, 0.15) is 6.04 Å². The highest BCUT2D eigenvalue weighted by Crippen LogP contribution is 2.40. The number of carbonyl (C=O) groups excluding carboxylic acids is 1. The summed E-state index contributed by atoms with van der Waals surface area (Å²) in [6.07, 6.45) is -0.471. The molecular weight excluding hydrogens is 404 g/mol. The van der Waals surface area contributed by atoms with E-state index >= 15 is 0 Å². The lowest BCUT2D eigenvalue weighted by Gasteiger charge is -2.21. The zero-order valence-corrected chi connectivity index (χ0v) is 17.4. The number of nitrogens with zero attached hydrogens (tertiary/aromatic N) is 1. The van der Waals surface area contributed by atoms with Gasteiger partial charge in [-0.15, -0.1) is 0 Å². The van der Waals surface area contributed by atoms with Gasteiger partial charge in [0.25, 0.3) is 0 Å². The van der Waals surface area contributed by atoms with Crippen LogP contribution < -0.4 is 5.73 Å². The molecule has 1 aliphatic carbocycles. The Kier molecular flexibility index (Phi) is 6.14. The first-order chi connectivity index (χ1) is 15.5. The quantitative estimate of drug-likeness (QED) is 0.502. The van der Waals surface area contributed by atoms with E-state index in [1.807, 2.05) is 66.7 Å². The zero-order chi connectivity index (χ0) is 22.7. The van der Waals surface area contributed by atoms with Gasteiger partial charge in [0.15, 0.2) is 6.10 Å². The molecule has 0 bridgehead atoms. The van der Waals surface area contributed by atoms with E-state index in [2.05, 4.69) is 0 Å². The molecule has 3 atom stereocenters. The molecule has 0 saturated carbocycles. The van der Waals surface area contributed by atoms with Crippen LogP contribution in [-0.4, -0.2) is 33.8 Å². The molecule has 6 nitrogen and oxygen atoms in total. The number of rotatable bonds is 7. The fraction of sp³-hybridized carbons (Fsp3) is 0.192. The Labute approximate surface area is 186 Å². The summed E-state index contributed by atoms with van der Waals surface area (Å²) in [5.41, 5.74) is 10.2. The lowest BCUT2D eigenvalue weighted by molar-refractivity contribution is -0.147. The molecule has 0 spiro atoms. The predicted molar refractivity (Wildman–Crippen MR) is 122 cm³/mol. The monoisotopic (exact) mass is 428 g/mol. The number of fused-ring (bicyclic) bond motifs is 1. The van der Waals surface area contributed by atoms with Crippen molar-refractivity contribution in [1.82, 2.24) is 0 Å². The number of carboxylic acids is 1. The van der Waals surface area contributed by atoms with Crippen LogP contribution >= 0.6 is 0 Å². The average molecular weight is 428 g/mol. The van der Waals surface area contributed by atoms with Gasteiger partial charge in [0.2, 0.25) is 5.91 Å². The Morgan fingerprint density at radius 3 is 2.03 bits per heavy atom. The maximum Gasteiger partial charge on any atom is 0.337 e. The van der Waals surface area contributed by atoms with E-state index in [-0.39, 0.29) is 5.92 Å². The molecule has 1 amide bonds. The Morgan fingerprint density at radius 1 is 0.906 bits per heavy atom. The molecule has 0 saturated heterocycles. The Morgan fingerprint density at radius 2 is 1.50 bits per heavy atom. The van der Waals surface area contributed by atoms with E-state index in [1.165, 1.54) is 0 Å². The van der Waals surface area contributed by atoms with Crippen molar-refractivity contribution in [2.75, 3.05) is 0 Å². The van der Waals surface area contributed by atoms with Gasteiger partial charge in [-0.1, -0.05) is 78.9 Å². The third-order valence-electron chi connectivity index (χ3n) is 5.92. The highest BCUT2D eigenvalue weighted by Gasteiger charge is 2.36. The second-order valence-corrected chi connectivity index (χ2v) is 7.86. The fourth-order valence-corrected chi connectivity index (χ4v) is 4.43. The first kappa shape index (κ1) is 21.5. The molecule has 162 valence electrons. The summed E-state index contributed by atoms with van der Waals surface area (Å²) in [4.78, 5) is 28.8. The smallest absolute Gasteiger partial charge is 0.337 e. The summed E-state index contributed by atoms with van der Waals surface area (Å²) in [6, 6.07) is 23.6. The van der Waals surface area contributed by atoms with Gasteiger partial charge in [-0.2, -0.15) is 0 Å². The third kappa shape index (κ3) is 4.18. The number of aliphatic hydroxyl groups excluding tert-OH is 1. The first-order valence-corrected chi connectivity index (χ1v) is 10.5. The normalized spacial score (nSPS) is 16.6. The van der Waals surface area contributed by atoms with E-state index in [0.717, 1.165) is 22.3 Å². The summed E-state index contributed by atoms with van der Waals surface area (Å²) in [5.74, 6) is -2.15. The third-order valence-corrected chi connectivity index (χ3v) is 5.92. The molecule has 0 aliphatic heterocycles. The van der Waals surface area contributed by atoms with E-state index < -0.39 is 24.0 Å². The highest BCUT2D eigenvalue weighted by atomic mass is 16.4. The van der Waals surface area contributed by atoms with Crippen LogP contribution in [0, 0.1) is 0 Å². The SMILES string of the molecule is NC(=O)C(N=C(c1ccccc1)c1ccccc1)C1CCc2c(C(O)C(=O)O)cccc21. The number of nitrogens with two attached hydrogens (primary N) is 1. The molecule has 4 N–H and O–H groups in total. The van der Waals surface area contributed by atoms with Crippen LogP contribution in [0.5, 0.6) is 0 Å². The van der Waals surface area contributed by atoms with Gasteiger partial charge in [-0.05, 0) is 29.5 Å². The highest BCUT2D eigenvalue weighted by molar-refractivity contribution is 6.13. The number of benzene rings is 3. The van der Waals surface area contributed by atoms with Crippen LogP contribution in [0.1, 0.15) is 46.3 Å². The van der Waals surface area contributed by atoms with Gasteiger partial charge in [0, 0.05) is 17.0 Å². The topological polar surface area (TPSA) is 113 Å². The van der Waals surface area contributed by atoms with Crippen LogP contribution in [0.25, 0.3) is 0 Å². The van der Waals surface area contributed by atoms with Crippen molar-refractivity contribution in [2.45, 2.75) is 30.9 Å². The summed E-state index contributed by atoms with van der Waals surface area (Å²) < 4.78 is 0. The van der Waals surface area contributed by atoms with Crippen LogP contribution in [0.2, 0.25) is 0 Å². The van der Waals surface area contributed by atoms with Gasteiger partial charge in [0.05, 0.1) is 5.71 Å². The standard InChI is InChI=1S/C26H24N2O4/c27-25(30)23(20-15-14-19-18(20)12-7-13-21(19)24(29)26(31)32)28-22(16-8-3-1-4-9-16)17-10-5-2-6-11-17/h1-13,20,23-24,29H,14-15H2,(H2,27,30)(H,31,32). The van der Waals surface area contributed by atoms with E-state index in [0.29, 0.717) is 24.1 Å². The number of aliphatic carboxylic acids is 1. The van der Waals surface area contributed by atoms with Gasteiger partial charge >= 0.3 is 5.97 Å². The summed E-state index contributed by atoms with van der Waals surface area (Å²) in [6.45, 7) is 0. The summed E-state index contributed by atoms with van der Waals surface area (Å²) in [7, 11) is 0. The molecule has 6 heteroatoms. The molecule has 1 aliphatic rings. The molecule has 4 rings (SSSR count). The number of carboxylic acid groups (broad SMARTS) is 1. The fourth-order valence-electron chi connectivity index (χ4n) is 4.43. The molecule has 3 aromatic carbocycles. The molecule has 3 unspecified atom stereocenters. The van der Waals surface area contributed by atoms with Gasteiger partial charge in [-0.3, -0.25) is 9.79 Å². The number of aliphatic hydroxyl groups is 1. The number of aliphatic imine (C=N–C) groups is 1. The average Bonchev–Trinajstić information content (AvgIpc) is 3.24. The zero-order valence-electron chi connectivity index (χ0n) is 17.4. The molecule has 3 aromatic rings. The van der Waals surface area contributed by atoms with Crippen molar-refractivity contribution in [3.63, 3.8) is 0 Å². The minimum atomic E-state index is -1.61. The van der Waals surface area contributed by atoms with Gasteiger partial charge < -0.3 is 15.9 Å². The molecule has 0 aromatic heterocycles. The molecule has 0 radical (unpaired) electrons. The van der Waals surface area contributed by atoms with Crippen LogP contribution in [-0.2, 0) is 16.0 Å². The largest absolute Gasteiger partial charge is 0.479 e. The lowest BCUT2D eigenvalue weighted by atomic mass is 9.90. The minimum Gasteiger partial charge on any atom is -0.479 e. The Hall–Kier alpha value is -3.77. The molecular formula is C26H24N2O4. The summed E-state index contributed by atoms with van der Waals surface area (Å²) in [5, 5.41) is 19.4. The van der Waals surface area contributed by atoms with E-state index in [9.17, 15) is 19.8 Å². The van der Waals surface area contributed by atoms with Crippen molar-refractivity contribution in [2.24, 2.45) is 10.7 Å². The number of amides is 1. The van der Waals surface area contributed by atoms with Crippen LogP contribution in [0.15, 0.2) is 83.9 Å². The number of primary amides is 1. The maximum absolute atomic E-state index is 12.6. The second-order valence-electron chi connectivity index (χ2n) is 7.86. The summed E-state index contributed by atoms with van der Waals surface area (Å²) >= 11 is 0. The number of hydrogen-bond acceptors (Lipinski definition) is 4. The van der Waals surface area contributed by atoms with Crippen molar-refractivity contribution in [1.29, 1.82) is 0 Å². The lowest BCUT2D eigenvalue weighted by Crippen LogP contribution is -2.33. The second kappa shape index (κ2) is 9.16. The van der Waals surface area contributed by atoms with Crippen molar-refractivity contribution < 1.29 is 19.8 Å². The predicted octanol–water partition coefficient (Wildman–Crippen LogP) is 3.23. The van der Waals surface area contributed by atoms with E-state index in [4.69, 9.17) is 10.7 Å². The van der Waals surface area contributed by atoms with Crippen molar-refractivity contribution in [3.8, 4) is 0 Å². The maximum atomic E-state index is 12.6. The first-order valence-electron chi connectivity index (χ1n) is 10.5. The molecule has 32 heavy (non-hydrogen) atoms. The Balaban J connectivity index is 1.80. The molecule has 0 fully saturated rings. The van der Waals surface area contributed by atoms with Crippen LogP contribution in [0.4, 0.5) is 0 Å². The number of hydrogen-bond donors (Lipinski definition) is 3. The number of carbonyl (C=O) groups is 2. The van der Waals surface area contributed by atoms with Crippen molar-refractivity contribution in [3.05, 3.63) is 107 Å². The van der Waals surface area contributed by atoms with E-state index in [1.54, 1.807) is 12.1 Å². The molecule has 0 heterocycles. The van der Waals surface area contributed by atoms with Crippen LogP contribution in [0.3, 0.4) is 0 Å².